The van der Waals surface area contributed by atoms with E-state index in [4.69, 9.17) is 0 Å². The second-order valence-corrected chi connectivity index (χ2v) is 6.73. The molecule has 0 spiro atoms. The number of pyridine rings is 2. The number of nitrogens with one attached hydrogen (secondary N) is 1. The maximum Gasteiger partial charge on any atom is 0.280 e. The molecule has 3 heterocycles. The Balaban J connectivity index is 1.80. The third-order valence-corrected chi connectivity index (χ3v) is 4.90. The quantitative estimate of drug-likeness (QED) is 0.539. The number of rotatable bonds is 3. The SMILES string of the molecule is C[C@@H]1CCc2cc(F)cc3c(O)c(C(=O)N/N=C\c4ccncc4)c(=O)n1c23. The van der Waals surface area contributed by atoms with E-state index < -0.39 is 28.6 Å². The highest BCUT2D eigenvalue weighted by atomic mass is 19.1. The van der Waals surface area contributed by atoms with Gasteiger partial charge in [0.25, 0.3) is 11.5 Å². The minimum atomic E-state index is -0.859. The Morgan fingerprint density at radius 3 is 2.89 bits per heavy atom. The maximum absolute atomic E-state index is 14.0. The van der Waals surface area contributed by atoms with Crippen LogP contribution in [0.25, 0.3) is 10.9 Å². The smallest absolute Gasteiger partial charge is 0.280 e. The van der Waals surface area contributed by atoms with E-state index >= 15 is 0 Å². The van der Waals surface area contributed by atoms with Crippen LogP contribution < -0.4 is 11.0 Å². The lowest BCUT2D eigenvalue weighted by molar-refractivity contribution is 0.0950. The van der Waals surface area contributed by atoms with Gasteiger partial charge in [-0.1, -0.05) is 0 Å². The molecule has 142 valence electrons. The summed E-state index contributed by atoms with van der Waals surface area (Å²) in [5, 5.41) is 14.6. The van der Waals surface area contributed by atoms with Crippen molar-refractivity contribution in [3.8, 4) is 5.75 Å². The molecule has 4 rings (SSSR count). The van der Waals surface area contributed by atoms with E-state index in [-0.39, 0.29) is 11.4 Å². The molecule has 0 aliphatic carbocycles. The summed E-state index contributed by atoms with van der Waals surface area (Å²) in [7, 11) is 0. The Labute approximate surface area is 159 Å². The van der Waals surface area contributed by atoms with E-state index in [2.05, 4.69) is 15.5 Å². The van der Waals surface area contributed by atoms with Gasteiger partial charge in [0.15, 0.2) is 0 Å². The molecule has 2 aromatic heterocycles. The van der Waals surface area contributed by atoms with Crippen molar-refractivity contribution >= 4 is 23.0 Å². The van der Waals surface area contributed by atoms with Crippen molar-refractivity contribution in [2.24, 2.45) is 5.10 Å². The van der Waals surface area contributed by atoms with E-state index in [1.165, 1.54) is 16.8 Å². The maximum atomic E-state index is 14.0. The number of nitrogens with zero attached hydrogens (tertiary/aromatic N) is 3. The molecule has 0 bridgehead atoms. The summed E-state index contributed by atoms with van der Waals surface area (Å²) in [6.45, 7) is 1.85. The van der Waals surface area contributed by atoms with Gasteiger partial charge in [-0.2, -0.15) is 5.10 Å². The topological polar surface area (TPSA) is 96.6 Å². The van der Waals surface area contributed by atoms with Crippen LogP contribution in [-0.4, -0.2) is 26.8 Å². The molecule has 1 amide bonds. The standard InChI is InChI=1S/C20H17FN4O3/c1-11-2-3-13-8-14(21)9-15-17(13)25(11)20(28)16(18(15)26)19(27)24-23-10-12-4-6-22-7-5-12/h4-11,26H,2-3H2,1H3,(H,24,27)/b23-10-/t11-/m1/s1. The van der Waals surface area contributed by atoms with E-state index in [0.717, 1.165) is 6.07 Å². The Morgan fingerprint density at radius 1 is 1.39 bits per heavy atom. The van der Waals surface area contributed by atoms with Crippen molar-refractivity contribution in [2.75, 3.05) is 0 Å². The highest BCUT2D eigenvalue weighted by Gasteiger charge is 2.28. The van der Waals surface area contributed by atoms with Crippen LogP contribution in [0.15, 0.2) is 46.6 Å². The number of hydrogen-bond acceptors (Lipinski definition) is 5. The van der Waals surface area contributed by atoms with Crippen LogP contribution in [0.5, 0.6) is 5.75 Å². The number of aromatic nitrogens is 2. The summed E-state index contributed by atoms with van der Waals surface area (Å²) in [5.41, 5.74) is 2.99. The first kappa shape index (κ1) is 17.8. The second-order valence-electron chi connectivity index (χ2n) is 6.73. The third kappa shape index (κ3) is 2.92. The average Bonchev–Trinajstić information content (AvgIpc) is 2.67. The van der Waals surface area contributed by atoms with Crippen molar-refractivity contribution in [3.05, 3.63) is 69.5 Å². The molecule has 2 N–H and O–H groups in total. The fraction of sp³-hybridized carbons (Fsp3) is 0.200. The first-order chi connectivity index (χ1) is 13.5. The lowest BCUT2D eigenvalue weighted by Crippen LogP contribution is -2.34. The summed E-state index contributed by atoms with van der Waals surface area (Å²) in [5.74, 6) is -1.93. The van der Waals surface area contributed by atoms with Crippen molar-refractivity contribution in [3.63, 3.8) is 0 Å². The molecule has 8 heteroatoms. The van der Waals surface area contributed by atoms with Crippen LogP contribution in [0.1, 0.15) is 40.9 Å². The van der Waals surface area contributed by atoms with Gasteiger partial charge in [0.05, 0.1) is 11.7 Å². The largest absolute Gasteiger partial charge is 0.506 e. The Morgan fingerprint density at radius 2 is 2.14 bits per heavy atom. The zero-order chi connectivity index (χ0) is 19.8. The number of halogens is 1. The normalized spacial score (nSPS) is 15.9. The van der Waals surface area contributed by atoms with Crippen LogP contribution in [0.2, 0.25) is 0 Å². The molecule has 0 fully saturated rings. The fourth-order valence-electron chi connectivity index (χ4n) is 3.56. The molecule has 1 atom stereocenters. The lowest BCUT2D eigenvalue weighted by Gasteiger charge is -2.26. The van der Waals surface area contributed by atoms with Crippen LogP contribution >= 0.6 is 0 Å². The zero-order valence-electron chi connectivity index (χ0n) is 15.0. The van der Waals surface area contributed by atoms with E-state index in [9.17, 15) is 19.1 Å². The Kier molecular flexibility index (Phi) is 4.38. The van der Waals surface area contributed by atoms with Crippen LogP contribution in [0.4, 0.5) is 4.39 Å². The highest BCUT2D eigenvalue weighted by Crippen LogP contribution is 2.35. The van der Waals surface area contributed by atoms with Gasteiger partial charge >= 0.3 is 0 Å². The summed E-state index contributed by atoms with van der Waals surface area (Å²) >= 11 is 0. The predicted octanol–water partition coefficient (Wildman–Crippen LogP) is 2.51. The van der Waals surface area contributed by atoms with Gasteiger partial charge in [-0.3, -0.25) is 14.6 Å². The third-order valence-electron chi connectivity index (χ3n) is 4.90. The summed E-state index contributed by atoms with van der Waals surface area (Å²) in [4.78, 5) is 29.4. The molecule has 0 saturated carbocycles. The number of amides is 1. The number of aryl methyl sites for hydroxylation is 1. The summed E-state index contributed by atoms with van der Waals surface area (Å²) in [6, 6.07) is 5.70. The number of aromatic hydroxyl groups is 1. The Bertz CT molecular complexity index is 1170. The van der Waals surface area contributed by atoms with Crippen molar-refractivity contribution in [1.82, 2.24) is 15.0 Å². The molecule has 7 nitrogen and oxygen atoms in total. The van der Waals surface area contributed by atoms with Crippen molar-refractivity contribution in [2.45, 2.75) is 25.8 Å². The molecule has 0 radical (unpaired) electrons. The molecule has 3 aromatic rings. The second kappa shape index (κ2) is 6.88. The number of hydrogen-bond donors (Lipinski definition) is 2. The minimum absolute atomic E-state index is 0.143. The van der Waals surface area contributed by atoms with Crippen molar-refractivity contribution in [1.29, 1.82) is 0 Å². The fourth-order valence-corrected chi connectivity index (χ4v) is 3.56. The lowest BCUT2D eigenvalue weighted by atomic mass is 9.95. The molecule has 28 heavy (non-hydrogen) atoms. The molecule has 0 saturated heterocycles. The van der Waals surface area contributed by atoms with Crippen LogP contribution in [0, 0.1) is 5.82 Å². The van der Waals surface area contributed by atoms with E-state index in [0.29, 0.717) is 29.5 Å². The van der Waals surface area contributed by atoms with Crippen LogP contribution in [0.3, 0.4) is 0 Å². The predicted molar refractivity (Wildman–Crippen MR) is 102 cm³/mol. The molecule has 1 aliphatic heterocycles. The van der Waals surface area contributed by atoms with Gasteiger partial charge in [-0.25, -0.2) is 9.82 Å². The van der Waals surface area contributed by atoms with Gasteiger partial charge in [0, 0.05) is 23.8 Å². The average molecular weight is 380 g/mol. The monoisotopic (exact) mass is 380 g/mol. The van der Waals surface area contributed by atoms with Gasteiger partial charge in [0.2, 0.25) is 0 Å². The summed E-state index contributed by atoms with van der Waals surface area (Å²) < 4.78 is 15.5. The van der Waals surface area contributed by atoms with Crippen LogP contribution in [-0.2, 0) is 6.42 Å². The minimum Gasteiger partial charge on any atom is -0.506 e. The summed E-state index contributed by atoms with van der Waals surface area (Å²) in [6.07, 6.45) is 5.76. The van der Waals surface area contributed by atoms with Gasteiger partial charge in [-0.05, 0) is 55.2 Å². The van der Waals surface area contributed by atoms with E-state index in [1.54, 1.807) is 24.5 Å². The van der Waals surface area contributed by atoms with E-state index in [1.807, 2.05) is 6.92 Å². The molecule has 0 unspecified atom stereocenters. The number of hydrazone groups is 1. The van der Waals surface area contributed by atoms with Gasteiger partial charge < -0.3 is 9.67 Å². The molecule has 1 aromatic carbocycles. The molecular formula is C20H17FN4O3. The zero-order valence-corrected chi connectivity index (χ0v) is 15.0. The Hall–Kier alpha value is -3.55. The van der Waals surface area contributed by atoms with Crippen molar-refractivity contribution < 1.29 is 14.3 Å². The number of carbonyl (C=O) groups is 1. The number of carbonyl (C=O) groups excluding carboxylic acids is 1. The highest BCUT2D eigenvalue weighted by molar-refractivity contribution is 6.03. The molecular weight excluding hydrogens is 363 g/mol. The van der Waals surface area contributed by atoms with Gasteiger partial charge in [0.1, 0.15) is 17.1 Å². The van der Waals surface area contributed by atoms with Gasteiger partial charge in [-0.15, -0.1) is 0 Å². The first-order valence-corrected chi connectivity index (χ1v) is 8.80. The number of benzene rings is 1. The first-order valence-electron chi connectivity index (χ1n) is 8.80. The molecule has 1 aliphatic rings.